The number of nitrogens with one attached hydrogen (secondary N) is 2. The summed E-state index contributed by atoms with van der Waals surface area (Å²) in [6.07, 6.45) is 1.69. The Hall–Kier alpha value is -1.43. The predicted octanol–water partition coefficient (Wildman–Crippen LogP) is 1.99. The van der Waals surface area contributed by atoms with Crippen molar-refractivity contribution >= 4 is 16.8 Å². The molecule has 0 aliphatic rings. The van der Waals surface area contributed by atoms with Gasteiger partial charge in [-0.25, -0.2) is 4.79 Å². The fraction of sp³-hybridized carbons (Fsp3) is 0.571. The molecule has 1 aromatic heterocycles. The van der Waals surface area contributed by atoms with Crippen LogP contribution in [0.3, 0.4) is 0 Å². The van der Waals surface area contributed by atoms with E-state index >= 15 is 0 Å². The molecule has 0 radical (unpaired) electrons. The highest BCUT2D eigenvalue weighted by Gasteiger charge is 2.19. The second-order valence-electron chi connectivity index (χ2n) is 5.54. The first-order chi connectivity index (χ1) is 9.30. The standard InChI is InChI=1S/C14H23N3O2S/c1-11(12-7-5-6-8-15-12)17-13(18)16-9-10-20(19)14(2,3)4/h5-8,11H,9-10H2,1-4H3,(H2,16,17,18)/t11-,20-/m0/s1. The number of rotatable bonds is 5. The Morgan fingerprint density at radius 2 is 2.10 bits per heavy atom. The first kappa shape index (κ1) is 16.6. The average molecular weight is 297 g/mol. The van der Waals surface area contributed by atoms with E-state index < -0.39 is 10.8 Å². The van der Waals surface area contributed by atoms with Crippen molar-refractivity contribution in [2.45, 2.75) is 38.5 Å². The highest BCUT2D eigenvalue weighted by Crippen LogP contribution is 2.10. The maximum absolute atomic E-state index is 11.8. The molecule has 0 aliphatic heterocycles. The van der Waals surface area contributed by atoms with Crippen LogP contribution in [0.1, 0.15) is 39.4 Å². The van der Waals surface area contributed by atoms with E-state index in [-0.39, 0.29) is 16.8 Å². The number of amides is 2. The van der Waals surface area contributed by atoms with Gasteiger partial charge in [-0.1, -0.05) is 6.07 Å². The van der Waals surface area contributed by atoms with Gasteiger partial charge in [-0.3, -0.25) is 9.19 Å². The molecule has 0 spiro atoms. The summed E-state index contributed by atoms with van der Waals surface area (Å²) in [5, 5.41) is 5.51. The van der Waals surface area contributed by atoms with Gasteiger partial charge >= 0.3 is 6.03 Å². The van der Waals surface area contributed by atoms with Crippen molar-refractivity contribution in [3.63, 3.8) is 0 Å². The topological polar surface area (TPSA) is 71.1 Å². The lowest BCUT2D eigenvalue weighted by atomic mass is 10.2. The summed E-state index contributed by atoms with van der Waals surface area (Å²) in [7, 11) is -0.957. The van der Waals surface area contributed by atoms with E-state index in [9.17, 15) is 9.00 Å². The van der Waals surface area contributed by atoms with Crippen molar-refractivity contribution in [3.8, 4) is 0 Å². The number of nitrogens with zero attached hydrogens (tertiary/aromatic N) is 1. The van der Waals surface area contributed by atoms with E-state index in [1.807, 2.05) is 45.9 Å². The van der Waals surface area contributed by atoms with Gasteiger partial charge in [0, 0.05) is 34.0 Å². The van der Waals surface area contributed by atoms with Crippen LogP contribution in [0.15, 0.2) is 24.4 Å². The quantitative estimate of drug-likeness (QED) is 0.873. The normalized spacial score (nSPS) is 14.4. The molecule has 6 heteroatoms. The van der Waals surface area contributed by atoms with Gasteiger partial charge in [-0.2, -0.15) is 0 Å². The molecule has 0 saturated carbocycles. The van der Waals surface area contributed by atoms with Gasteiger partial charge in [0.2, 0.25) is 0 Å². The van der Waals surface area contributed by atoms with Crippen molar-refractivity contribution in [3.05, 3.63) is 30.1 Å². The van der Waals surface area contributed by atoms with E-state index in [1.54, 1.807) is 6.20 Å². The minimum Gasteiger partial charge on any atom is -0.337 e. The molecule has 1 heterocycles. The molecule has 1 rings (SSSR count). The van der Waals surface area contributed by atoms with Crippen molar-refractivity contribution in [1.29, 1.82) is 0 Å². The Morgan fingerprint density at radius 1 is 1.40 bits per heavy atom. The molecular formula is C14H23N3O2S. The fourth-order valence-electron chi connectivity index (χ4n) is 1.52. The van der Waals surface area contributed by atoms with Crippen LogP contribution in [-0.4, -0.2) is 32.3 Å². The first-order valence-corrected chi connectivity index (χ1v) is 7.96. The van der Waals surface area contributed by atoms with Gasteiger partial charge in [-0.05, 0) is 39.8 Å². The molecule has 1 aromatic rings. The third-order valence-electron chi connectivity index (χ3n) is 2.74. The Morgan fingerprint density at radius 3 is 2.65 bits per heavy atom. The van der Waals surface area contributed by atoms with Crippen LogP contribution in [0.5, 0.6) is 0 Å². The van der Waals surface area contributed by atoms with Crippen LogP contribution in [0.25, 0.3) is 0 Å². The summed E-state index contributed by atoms with van der Waals surface area (Å²) in [6.45, 7) is 8.03. The van der Waals surface area contributed by atoms with Crippen LogP contribution in [0.4, 0.5) is 4.79 Å². The van der Waals surface area contributed by atoms with Crippen LogP contribution >= 0.6 is 0 Å². The molecule has 0 aromatic carbocycles. The number of urea groups is 1. The molecule has 20 heavy (non-hydrogen) atoms. The third kappa shape index (κ3) is 5.69. The van der Waals surface area contributed by atoms with E-state index in [0.29, 0.717) is 12.3 Å². The van der Waals surface area contributed by atoms with E-state index in [2.05, 4.69) is 15.6 Å². The van der Waals surface area contributed by atoms with Crippen molar-refractivity contribution < 1.29 is 9.00 Å². The van der Waals surface area contributed by atoms with Gasteiger partial charge in [0.25, 0.3) is 0 Å². The SMILES string of the molecule is C[C@H](NC(=O)NCC[S@](=O)C(C)(C)C)c1ccccn1. The molecule has 2 amide bonds. The number of hydrogen-bond donors (Lipinski definition) is 2. The number of aromatic nitrogens is 1. The number of hydrogen-bond acceptors (Lipinski definition) is 3. The van der Waals surface area contributed by atoms with Crippen LogP contribution in [0, 0.1) is 0 Å². The molecule has 0 aliphatic carbocycles. The average Bonchev–Trinajstić information content (AvgIpc) is 2.38. The smallest absolute Gasteiger partial charge is 0.315 e. The Bertz CT molecular complexity index is 457. The van der Waals surface area contributed by atoms with Gasteiger partial charge in [0.15, 0.2) is 0 Å². The molecule has 0 fully saturated rings. The Labute approximate surface area is 123 Å². The molecule has 2 N–H and O–H groups in total. The zero-order chi connectivity index (χ0) is 15.2. The fourth-order valence-corrected chi connectivity index (χ4v) is 2.42. The van der Waals surface area contributed by atoms with Gasteiger partial charge < -0.3 is 10.6 Å². The van der Waals surface area contributed by atoms with Crippen LogP contribution < -0.4 is 10.6 Å². The maximum atomic E-state index is 11.8. The molecule has 112 valence electrons. The number of carbonyl (C=O) groups excluding carboxylic acids is 1. The highest BCUT2D eigenvalue weighted by molar-refractivity contribution is 7.86. The van der Waals surface area contributed by atoms with E-state index in [4.69, 9.17) is 0 Å². The second-order valence-corrected chi connectivity index (χ2v) is 7.86. The van der Waals surface area contributed by atoms with E-state index in [1.165, 1.54) is 0 Å². The highest BCUT2D eigenvalue weighted by atomic mass is 32.2. The second kappa shape index (κ2) is 7.38. The molecule has 0 bridgehead atoms. The lowest BCUT2D eigenvalue weighted by molar-refractivity contribution is 0.238. The van der Waals surface area contributed by atoms with Crippen LogP contribution in [-0.2, 0) is 10.8 Å². The van der Waals surface area contributed by atoms with E-state index in [0.717, 1.165) is 5.69 Å². The Balaban J connectivity index is 2.33. The van der Waals surface area contributed by atoms with Crippen molar-refractivity contribution in [1.82, 2.24) is 15.6 Å². The lowest BCUT2D eigenvalue weighted by Crippen LogP contribution is -2.40. The molecule has 0 saturated heterocycles. The lowest BCUT2D eigenvalue weighted by Gasteiger charge is -2.18. The summed E-state index contributed by atoms with van der Waals surface area (Å²) >= 11 is 0. The van der Waals surface area contributed by atoms with Gasteiger partial charge in [0.1, 0.15) is 0 Å². The zero-order valence-corrected chi connectivity index (χ0v) is 13.3. The third-order valence-corrected chi connectivity index (χ3v) is 4.68. The van der Waals surface area contributed by atoms with Gasteiger partial charge in [0.05, 0.1) is 11.7 Å². The van der Waals surface area contributed by atoms with Crippen molar-refractivity contribution in [2.75, 3.05) is 12.3 Å². The van der Waals surface area contributed by atoms with Gasteiger partial charge in [-0.15, -0.1) is 0 Å². The molecule has 5 nitrogen and oxygen atoms in total. The largest absolute Gasteiger partial charge is 0.337 e. The minimum atomic E-state index is -0.957. The summed E-state index contributed by atoms with van der Waals surface area (Å²) in [5.41, 5.74) is 0.806. The monoisotopic (exact) mass is 297 g/mol. The first-order valence-electron chi connectivity index (χ1n) is 6.64. The van der Waals surface area contributed by atoms with Crippen LogP contribution in [0.2, 0.25) is 0 Å². The maximum Gasteiger partial charge on any atom is 0.315 e. The zero-order valence-electron chi connectivity index (χ0n) is 12.5. The summed E-state index contributed by atoms with van der Waals surface area (Å²) in [6, 6.07) is 5.14. The summed E-state index contributed by atoms with van der Waals surface area (Å²) < 4.78 is 11.6. The number of carbonyl (C=O) groups is 1. The molecule has 0 unspecified atom stereocenters. The summed E-state index contributed by atoms with van der Waals surface area (Å²) in [4.78, 5) is 15.9. The molecular weight excluding hydrogens is 274 g/mol. The van der Waals surface area contributed by atoms with Crippen molar-refractivity contribution in [2.24, 2.45) is 0 Å². The molecule has 2 atom stereocenters. The summed E-state index contributed by atoms with van der Waals surface area (Å²) in [5.74, 6) is 0.453. The number of pyridine rings is 1. The minimum absolute atomic E-state index is 0.163. The Kier molecular flexibility index (Phi) is 6.13. The predicted molar refractivity (Wildman–Crippen MR) is 81.9 cm³/mol.